The van der Waals surface area contributed by atoms with E-state index in [0.29, 0.717) is 36.9 Å². The lowest BCUT2D eigenvalue weighted by Gasteiger charge is -2.33. The van der Waals surface area contributed by atoms with Crippen molar-refractivity contribution in [2.24, 2.45) is 0 Å². The van der Waals surface area contributed by atoms with Crippen LogP contribution in [0.1, 0.15) is 75.3 Å². The van der Waals surface area contributed by atoms with Crippen LogP contribution in [0.5, 0.6) is 0 Å². The Balaban J connectivity index is 1.40. The maximum absolute atomic E-state index is 12.4. The van der Waals surface area contributed by atoms with E-state index in [2.05, 4.69) is 53.6 Å². The summed E-state index contributed by atoms with van der Waals surface area (Å²) in [5.74, 6) is -0.324. The molecule has 1 saturated heterocycles. The maximum atomic E-state index is 12.4. The molecule has 0 spiro atoms. The quantitative estimate of drug-likeness (QED) is 0.338. The van der Waals surface area contributed by atoms with Crippen molar-refractivity contribution < 1.29 is 24.0 Å². The first-order valence-electron chi connectivity index (χ1n) is 12.3. The number of likely N-dealkylation sites (N-methyl/N-ethyl adjacent to an activating group) is 1. The first kappa shape index (κ1) is 25.7. The third-order valence-electron chi connectivity index (χ3n) is 6.75. The van der Waals surface area contributed by atoms with Gasteiger partial charge >= 0.3 is 6.09 Å². The Bertz CT molecular complexity index is 853. The lowest BCUT2D eigenvalue weighted by Crippen LogP contribution is -2.37. The zero-order chi connectivity index (χ0) is 24.5. The molecule has 186 valence electrons. The fraction of sp³-hybridized carbons (Fsp3) is 0.600. The van der Waals surface area contributed by atoms with Gasteiger partial charge in [-0.05, 0) is 55.3 Å². The number of nitrogens with zero attached hydrogens (tertiary/aromatic N) is 2. The minimum Gasteiger partial charge on any atom is -0.355 e. The fourth-order valence-electron chi connectivity index (χ4n) is 4.74. The lowest BCUT2D eigenvalue weighted by atomic mass is 9.72. The summed E-state index contributed by atoms with van der Waals surface area (Å²) in [6.07, 6.45) is 2.18. The van der Waals surface area contributed by atoms with Crippen molar-refractivity contribution in [2.45, 2.75) is 64.2 Å². The molecular formula is C25H36N4O5. The normalized spacial score (nSPS) is 19.1. The van der Waals surface area contributed by atoms with E-state index < -0.39 is 17.9 Å². The van der Waals surface area contributed by atoms with Crippen LogP contribution in [-0.4, -0.2) is 66.5 Å². The Kier molecular flexibility index (Phi) is 9.44. The van der Waals surface area contributed by atoms with Crippen LogP contribution < -0.4 is 10.6 Å². The number of hydrogen-bond donors (Lipinski definition) is 2. The molecule has 1 aliphatic heterocycles. The van der Waals surface area contributed by atoms with Crippen molar-refractivity contribution in [3.05, 3.63) is 35.4 Å². The summed E-state index contributed by atoms with van der Waals surface area (Å²) in [5.41, 5.74) is 2.49. The Morgan fingerprint density at radius 2 is 1.53 bits per heavy atom. The molecule has 4 rings (SSSR count). The SMILES string of the molecule is CCN(CC)CCNC(=O)CCC1c2ccc(cc2)C1CCCNC(=O)ON1C(=O)CCC1=O. The summed E-state index contributed by atoms with van der Waals surface area (Å²) < 4.78 is 0. The first-order valence-corrected chi connectivity index (χ1v) is 12.3. The van der Waals surface area contributed by atoms with Crippen LogP contribution in [-0.2, 0) is 19.2 Å². The molecule has 0 saturated carbocycles. The van der Waals surface area contributed by atoms with Gasteiger partial charge in [0, 0.05) is 38.9 Å². The predicted octanol–water partition coefficient (Wildman–Crippen LogP) is 2.68. The van der Waals surface area contributed by atoms with Gasteiger partial charge in [0.2, 0.25) is 5.91 Å². The minimum absolute atomic E-state index is 0.0710. The van der Waals surface area contributed by atoms with Gasteiger partial charge in [-0.3, -0.25) is 14.4 Å². The number of rotatable bonds is 13. The van der Waals surface area contributed by atoms with Crippen molar-refractivity contribution in [1.82, 2.24) is 20.6 Å². The summed E-state index contributed by atoms with van der Waals surface area (Å²) >= 11 is 0. The number of hydroxylamine groups is 2. The lowest BCUT2D eigenvalue weighted by molar-refractivity contribution is -0.171. The summed E-state index contributed by atoms with van der Waals surface area (Å²) in [7, 11) is 0. The summed E-state index contributed by atoms with van der Waals surface area (Å²) in [6.45, 7) is 8.10. The number of amides is 4. The number of imide groups is 1. The second-order valence-corrected chi connectivity index (χ2v) is 8.82. The predicted molar refractivity (Wildman–Crippen MR) is 127 cm³/mol. The van der Waals surface area contributed by atoms with E-state index in [9.17, 15) is 19.2 Å². The van der Waals surface area contributed by atoms with Gasteiger partial charge in [-0.15, -0.1) is 5.06 Å². The number of carbonyl (C=O) groups is 4. The highest BCUT2D eigenvalue weighted by Gasteiger charge is 2.33. The Morgan fingerprint density at radius 3 is 2.12 bits per heavy atom. The average molecular weight is 473 g/mol. The van der Waals surface area contributed by atoms with Crippen LogP contribution in [0.4, 0.5) is 4.79 Å². The van der Waals surface area contributed by atoms with E-state index in [1.54, 1.807) is 0 Å². The Morgan fingerprint density at radius 1 is 0.941 bits per heavy atom. The van der Waals surface area contributed by atoms with Crippen LogP contribution in [0.3, 0.4) is 0 Å². The number of hydrogen-bond acceptors (Lipinski definition) is 6. The van der Waals surface area contributed by atoms with Gasteiger partial charge in [-0.2, -0.15) is 0 Å². The molecule has 2 bridgehead atoms. The van der Waals surface area contributed by atoms with Gasteiger partial charge in [0.1, 0.15) is 0 Å². The number of benzene rings is 1. The zero-order valence-corrected chi connectivity index (χ0v) is 20.2. The van der Waals surface area contributed by atoms with Gasteiger partial charge in [0.05, 0.1) is 0 Å². The average Bonchev–Trinajstić information content (AvgIpc) is 3.16. The summed E-state index contributed by atoms with van der Waals surface area (Å²) in [4.78, 5) is 54.5. The molecule has 3 aliphatic rings. The van der Waals surface area contributed by atoms with Crippen LogP contribution in [0, 0.1) is 0 Å². The van der Waals surface area contributed by atoms with Gasteiger partial charge in [0.25, 0.3) is 11.8 Å². The van der Waals surface area contributed by atoms with Crippen molar-refractivity contribution in [3.63, 3.8) is 0 Å². The minimum atomic E-state index is -0.798. The topological polar surface area (TPSA) is 108 Å². The number of nitrogens with one attached hydrogen (secondary N) is 2. The van der Waals surface area contributed by atoms with Crippen LogP contribution in [0.25, 0.3) is 0 Å². The molecule has 1 aromatic rings. The summed E-state index contributed by atoms with van der Waals surface area (Å²) in [5, 5.41) is 6.19. The van der Waals surface area contributed by atoms with Gasteiger partial charge in [-0.25, -0.2) is 4.79 Å². The van der Waals surface area contributed by atoms with E-state index >= 15 is 0 Å². The Hall–Kier alpha value is -2.94. The second-order valence-electron chi connectivity index (χ2n) is 8.82. The summed E-state index contributed by atoms with van der Waals surface area (Å²) in [6, 6.07) is 8.53. The molecule has 4 amide bonds. The van der Waals surface area contributed by atoms with E-state index in [0.717, 1.165) is 32.5 Å². The standard InChI is InChI=1S/C25H36N4O5/c1-3-28(4-2)17-16-26-22(30)12-11-21-19-9-7-18(8-10-19)20(21)6-5-15-27-25(33)34-29-23(31)13-14-24(29)32/h7-10,20-21H,3-6,11-17H2,1-2H3,(H,26,30)(H,27,33). The molecular weight excluding hydrogens is 436 g/mol. The van der Waals surface area contributed by atoms with Crippen molar-refractivity contribution >= 4 is 23.8 Å². The van der Waals surface area contributed by atoms with Gasteiger partial charge in [-0.1, -0.05) is 38.1 Å². The van der Waals surface area contributed by atoms with E-state index in [4.69, 9.17) is 4.84 Å². The molecule has 0 radical (unpaired) electrons. The van der Waals surface area contributed by atoms with E-state index in [1.165, 1.54) is 11.1 Å². The number of fused-ring (bicyclic) bond motifs is 3. The molecule has 2 aliphatic carbocycles. The second kappa shape index (κ2) is 12.5. The molecule has 1 fully saturated rings. The van der Waals surface area contributed by atoms with Crippen molar-refractivity contribution in [1.29, 1.82) is 0 Å². The van der Waals surface area contributed by atoms with E-state index in [1.807, 2.05) is 0 Å². The van der Waals surface area contributed by atoms with Crippen LogP contribution in [0.15, 0.2) is 24.3 Å². The molecule has 1 heterocycles. The third kappa shape index (κ3) is 6.79. The Labute approximate surface area is 201 Å². The maximum Gasteiger partial charge on any atom is 0.432 e. The third-order valence-corrected chi connectivity index (χ3v) is 6.75. The molecule has 34 heavy (non-hydrogen) atoms. The number of carbonyl (C=O) groups excluding carboxylic acids is 4. The largest absolute Gasteiger partial charge is 0.432 e. The molecule has 2 unspecified atom stereocenters. The highest BCUT2D eigenvalue weighted by Crippen LogP contribution is 2.43. The first-order chi connectivity index (χ1) is 16.4. The van der Waals surface area contributed by atoms with Crippen molar-refractivity contribution in [3.8, 4) is 0 Å². The molecule has 9 heteroatoms. The van der Waals surface area contributed by atoms with Gasteiger partial charge < -0.3 is 20.4 Å². The fourth-order valence-corrected chi connectivity index (χ4v) is 4.74. The highest BCUT2D eigenvalue weighted by atomic mass is 16.7. The van der Waals surface area contributed by atoms with Crippen LogP contribution >= 0.6 is 0 Å². The smallest absolute Gasteiger partial charge is 0.355 e. The molecule has 9 nitrogen and oxygen atoms in total. The molecule has 2 N–H and O–H groups in total. The molecule has 0 aromatic heterocycles. The molecule has 2 atom stereocenters. The van der Waals surface area contributed by atoms with E-state index in [-0.39, 0.29) is 24.7 Å². The van der Waals surface area contributed by atoms with Crippen molar-refractivity contribution in [2.75, 3.05) is 32.7 Å². The highest BCUT2D eigenvalue weighted by molar-refractivity contribution is 6.01. The van der Waals surface area contributed by atoms with Crippen LogP contribution in [0.2, 0.25) is 0 Å². The van der Waals surface area contributed by atoms with Gasteiger partial charge in [0.15, 0.2) is 0 Å². The zero-order valence-electron chi connectivity index (χ0n) is 20.2. The molecule has 1 aromatic carbocycles. The monoisotopic (exact) mass is 472 g/mol.